The molecule has 1 aromatic carbocycles. The summed E-state index contributed by atoms with van der Waals surface area (Å²) < 4.78 is 16.7. The molecule has 2 atom stereocenters. The van der Waals surface area contributed by atoms with E-state index in [1.165, 1.54) is 31.1 Å². The molecule has 1 aromatic rings. The molecule has 0 heterocycles. The Hall–Kier alpha value is -1.97. The highest BCUT2D eigenvalue weighted by atomic mass is 16.5. The maximum atomic E-state index is 12.7. The van der Waals surface area contributed by atoms with Crippen molar-refractivity contribution in [1.29, 1.82) is 0 Å². The van der Waals surface area contributed by atoms with Gasteiger partial charge in [0, 0.05) is 11.5 Å². The summed E-state index contributed by atoms with van der Waals surface area (Å²) in [6.45, 7) is 6.30. The summed E-state index contributed by atoms with van der Waals surface area (Å²) >= 11 is 0. The predicted molar refractivity (Wildman–Crippen MR) is 109 cm³/mol. The average molecular weight is 375 g/mol. The molecule has 0 fully saturated rings. The summed E-state index contributed by atoms with van der Waals surface area (Å²) in [7, 11) is 4.83. The number of esters is 1. The van der Waals surface area contributed by atoms with Crippen LogP contribution in [-0.4, -0.2) is 27.3 Å². The van der Waals surface area contributed by atoms with Crippen molar-refractivity contribution in [2.45, 2.75) is 65.2 Å². The van der Waals surface area contributed by atoms with Crippen LogP contribution in [0, 0.1) is 5.41 Å². The lowest BCUT2D eigenvalue weighted by atomic mass is 9.66. The lowest BCUT2D eigenvalue weighted by Gasteiger charge is -2.38. The van der Waals surface area contributed by atoms with Crippen LogP contribution < -0.4 is 9.47 Å². The average Bonchev–Trinajstić information content (AvgIpc) is 2.68. The first-order chi connectivity index (χ1) is 12.9. The fourth-order valence-electron chi connectivity index (χ4n) is 4.05. The van der Waals surface area contributed by atoms with Crippen molar-refractivity contribution in [3.63, 3.8) is 0 Å². The Morgan fingerprint density at radius 1 is 1.15 bits per heavy atom. The van der Waals surface area contributed by atoms with Crippen molar-refractivity contribution in [3.8, 4) is 11.5 Å². The Bertz CT molecular complexity index is 667. The van der Waals surface area contributed by atoms with Crippen molar-refractivity contribution in [2.75, 3.05) is 21.3 Å². The lowest BCUT2D eigenvalue weighted by Crippen LogP contribution is -2.37. The molecular formula is C23H34O4. The Kier molecular flexibility index (Phi) is 7.34. The van der Waals surface area contributed by atoms with E-state index in [9.17, 15) is 4.79 Å². The first-order valence-corrected chi connectivity index (χ1v) is 9.91. The van der Waals surface area contributed by atoms with Crippen LogP contribution in [0.2, 0.25) is 0 Å². The van der Waals surface area contributed by atoms with E-state index in [0.29, 0.717) is 0 Å². The Morgan fingerprint density at radius 3 is 2.30 bits per heavy atom. The van der Waals surface area contributed by atoms with Crippen LogP contribution in [0.25, 0.3) is 0 Å². The van der Waals surface area contributed by atoms with Gasteiger partial charge in [0.2, 0.25) is 0 Å². The first-order valence-electron chi connectivity index (χ1n) is 9.91. The minimum absolute atomic E-state index is 0.145. The van der Waals surface area contributed by atoms with E-state index in [1.54, 1.807) is 14.2 Å². The molecule has 0 unspecified atom stereocenters. The minimum atomic E-state index is -0.640. The van der Waals surface area contributed by atoms with Gasteiger partial charge < -0.3 is 14.2 Å². The van der Waals surface area contributed by atoms with Crippen LogP contribution in [-0.2, 0) is 16.0 Å². The summed E-state index contributed by atoms with van der Waals surface area (Å²) in [4.78, 5) is 12.7. The molecule has 4 heteroatoms. The summed E-state index contributed by atoms with van der Waals surface area (Å²) in [5.74, 6) is 1.24. The molecule has 150 valence electrons. The number of hydrogen-bond donors (Lipinski definition) is 0. The highest BCUT2D eigenvalue weighted by Crippen LogP contribution is 2.52. The number of hydrogen-bond acceptors (Lipinski definition) is 4. The number of carbonyl (C=O) groups is 1. The van der Waals surface area contributed by atoms with Crippen molar-refractivity contribution in [1.82, 2.24) is 0 Å². The summed E-state index contributed by atoms with van der Waals surface area (Å²) in [6.07, 6.45) is 8.35. The second kappa shape index (κ2) is 9.29. The SMILES string of the molecule is CCCCCc1cc(OC)c([C@@H]2C=C(C)CC[C@@]2(C)C(=O)OC)c(OC)c1. The number of ether oxygens (including phenoxy) is 3. The molecular weight excluding hydrogens is 340 g/mol. The second-order valence-corrected chi connectivity index (χ2v) is 7.77. The molecule has 1 aliphatic carbocycles. The van der Waals surface area contributed by atoms with Gasteiger partial charge in [-0.3, -0.25) is 4.79 Å². The third-order valence-corrected chi connectivity index (χ3v) is 5.81. The Morgan fingerprint density at radius 2 is 1.78 bits per heavy atom. The van der Waals surface area contributed by atoms with Gasteiger partial charge >= 0.3 is 5.97 Å². The van der Waals surface area contributed by atoms with Crippen LogP contribution in [0.3, 0.4) is 0 Å². The molecule has 0 radical (unpaired) electrons. The largest absolute Gasteiger partial charge is 0.496 e. The number of benzene rings is 1. The minimum Gasteiger partial charge on any atom is -0.496 e. The van der Waals surface area contributed by atoms with Crippen molar-refractivity contribution in [2.24, 2.45) is 5.41 Å². The predicted octanol–water partition coefficient (Wildman–Crippen LogP) is 5.44. The number of rotatable bonds is 8. The molecule has 0 saturated heterocycles. The van der Waals surface area contributed by atoms with E-state index in [0.717, 1.165) is 42.7 Å². The third kappa shape index (κ3) is 4.48. The van der Waals surface area contributed by atoms with Crippen LogP contribution in [0.1, 0.15) is 69.9 Å². The first kappa shape index (κ1) is 21.3. The number of methoxy groups -OCH3 is 3. The fraction of sp³-hybridized carbons (Fsp3) is 0.609. The van der Waals surface area contributed by atoms with Gasteiger partial charge in [0.1, 0.15) is 11.5 Å². The highest BCUT2D eigenvalue weighted by molar-refractivity contribution is 5.79. The number of unbranched alkanes of at least 4 members (excludes halogenated alkanes) is 2. The number of allylic oxidation sites excluding steroid dienone is 2. The summed E-state index contributed by atoms with van der Waals surface area (Å²) in [6, 6.07) is 4.20. The summed E-state index contributed by atoms with van der Waals surface area (Å²) in [5, 5.41) is 0. The third-order valence-electron chi connectivity index (χ3n) is 5.81. The van der Waals surface area contributed by atoms with Gasteiger partial charge in [0.25, 0.3) is 0 Å². The smallest absolute Gasteiger partial charge is 0.312 e. The monoisotopic (exact) mass is 374 g/mol. The zero-order valence-electron chi connectivity index (χ0n) is 17.7. The van der Waals surface area contributed by atoms with Gasteiger partial charge in [0.05, 0.1) is 26.7 Å². The van der Waals surface area contributed by atoms with Crippen LogP contribution in [0.4, 0.5) is 0 Å². The Labute approximate surface area is 163 Å². The zero-order valence-corrected chi connectivity index (χ0v) is 17.7. The maximum absolute atomic E-state index is 12.7. The van der Waals surface area contributed by atoms with E-state index in [1.807, 2.05) is 6.92 Å². The van der Waals surface area contributed by atoms with Gasteiger partial charge in [0.15, 0.2) is 0 Å². The van der Waals surface area contributed by atoms with E-state index >= 15 is 0 Å². The van der Waals surface area contributed by atoms with Crippen LogP contribution in [0.15, 0.2) is 23.8 Å². The Balaban J connectivity index is 2.56. The molecule has 0 spiro atoms. The summed E-state index contributed by atoms with van der Waals surface area (Å²) in [5.41, 5.74) is 2.78. The quantitative estimate of drug-likeness (QED) is 0.345. The fourth-order valence-corrected chi connectivity index (χ4v) is 4.05. The number of carbonyl (C=O) groups excluding carboxylic acids is 1. The maximum Gasteiger partial charge on any atom is 0.312 e. The molecule has 1 aliphatic rings. The molecule has 0 aromatic heterocycles. The molecule has 4 nitrogen and oxygen atoms in total. The van der Waals surface area contributed by atoms with Crippen molar-refractivity contribution < 1.29 is 19.0 Å². The van der Waals surface area contributed by atoms with Crippen molar-refractivity contribution in [3.05, 3.63) is 34.9 Å². The molecule has 0 aliphatic heterocycles. The van der Waals surface area contributed by atoms with E-state index < -0.39 is 5.41 Å². The highest BCUT2D eigenvalue weighted by Gasteiger charge is 2.46. The van der Waals surface area contributed by atoms with Gasteiger partial charge in [-0.1, -0.05) is 31.4 Å². The lowest BCUT2D eigenvalue weighted by molar-refractivity contribution is -0.153. The normalized spacial score (nSPS) is 22.1. The van der Waals surface area contributed by atoms with Gasteiger partial charge in [-0.25, -0.2) is 0 Å². The standard InChI is InChI=1S/C23H34O4/c1-7-8-9-10-17-14-19(25-4)21(20(15-17)26-5)18-13-16(2)11-12-23(18,3)22(24)27-6/h13-15,18H,7-12H2,1-6H3/t18-,23+/m0/s1. The molecule has 0 N–H and O–H groups in total. The van der Waals surface area contributed by atoms with Crippen molar-refractivity contribution >= 4 is 5.97 Å². The number of aryl methyl sites for hydroxylation is 1. The van der Waals surface area contributed by atoms with E-state index in [4.69, 9.17) is 14.2 Å². The molecule has 27 heavy (non-hydrogen) atoms. The topological polar surface area (TPSA) is 44.8 Å². The second-order valence-electron chi connectivity index (χ2n) is 7.77. The molecule has 0 bridgehead atoms. The molecule has 0 saturated carbocycles. The molecule has 0 amide bonds. The van der Waals surface area contributed by atoms with Gasteiger partial charge in [-0.2, -0.15) is 0 Å². The van der Waals surface area contributed by atoms with E-state index in [-0.39, 0.29) is 11.9 Å². The van der Waals surface area contributed by atoms with Crippen LogP contribution in [0.5, 0.6) is 11.5 Å². The molecule has 2 rings (SSSR count). The zero-order chi connectivity index (χ0) is 20.0. The van der Waals surface area contributed by atoms with Gasteiger partial charge in [-0.15, -0.1) is 0 Å². The van der Waals surface area contributed by atoms with E-state index in [2.05, 4.69) is 32.1 Å². The van der Waals surface area contributed by atoms with Gasteiger partial charge in [-0.05, 0) is 57.2 Å². The van der Waals surface area contributed by atoms with Crippen LogP contribution >= 0.6 is 0 Å².